The lowest BCUT2D eigenvalue weighted by Gasteiger charge is -2.11. The number of carbonyl (C=O) groups is 2. The van der Waals surface area contributed by atoms with Crippen LogP contribution in [0.2, 0.25) is 0 Å². The largest absolute Gasteiger partial charge is 0.482 e. The summed E-state index contributed by atoms with van der Waals surface area (Å²) in [6, 6.07) is 6.37. The van der Waals surface area contributed by atoms with Gasteiger partial charge < -0.3 is 9.47 Å². The Kier molecular flexibility index (Phi) is 9.63. The molecule has 214 valence electrons. The van der Waals surface area contributed by atoms with Crippen LogP contribution in [-0.4, -0.2) is 39.9 Å². The van der Waals surface area contributed by atoms with Crippen LogP contribution in [0.5, 0.6) is 11.5 Å². The van der Waals surface area contributed by atoms with Crippen LogP contribution < -0.4 is 14.2 Å². The number of hydrogen-bond acceptors (Lipinski definition) is 8. The van der Waals surface area contributed by atoms with Gasteiger partial charge in [0.05, 0.1) is 0 Å². The van der Waals surface area contributed by atoms with Crippen LogP contribution in [0.3, 0.4) is 0 Å². The molecule has 0 aromatic heterocycles. The fraction of sp³-hybridized carbons (Fsp3) is 0.0476. The van der Waals surface area contributed by atoms with Gasteiger partial charge in [0.15, 0.2) is 34.8 Å². The van der Waals surface area contributed by atoms with Crippen molar-refractivity contribution in [1.29, 1.82) is 0 Å². The third-order valence-electron chi connectivity index (χ3n) is 4.60. The minimum absolute atomic E-state index is 0.0696. The van der Waals surface area contributed by atoms with E-state index in [4.69, 9.17) is 9.47 Å². The molecule has 0 atom stereocenters. The molecule has 0 saturated carbocycles. The maximum absolute atomic E-state index is 13.9. The van der Waals surface area contributed by atoms with Gasteiger partial charge in [0.1, 0.15) is 16.4 Å². The van der Waals surface area contributed by atoms with Crippen molar-refractivity contribution >= 4 is 77.2 Å². The first-order chi connectivity index (χ1) is 18.4. The summed E-state index contributed by atoms with van der Waals surface area (Å²) in [5.74, 6) is -15.5. The molecule has 0 aliphatic rings. The highest BCUT2D eigenvalue weighted by Crippen LogP contribution is 2.29. The molecule has 0 saturated heterocycles. The zero-order valence-electron chi connectivity index (χ0n) is 18.8. The van der Waals surface area contributed by atoms with E-state index in [2.05, 4.69) is 0 Å². The minimum atomic E-state index is -5.56. The van der Waals surface area contributed by atoms with Crippen LogP contribution in [0.1, 0.15) is 10.4 Å². The van der Waals surface area contributed by atoms with Gasteiger partial charge >= 0.3 is 5.97 Å². The van der Waals surface area contributed by atoms with Crippen LogP contribution in [-0.2, 0) is 24.9 Å². The molecule has 0 aliphatic heterocycles. The van der Waals surface area contributed by atoms with Gasteiger partial charge in [0.2, 0.25) is 5.82 Å². The van der Waals surface area contributed by atoms with E-state index in [0.29, 0.717) is 0 Å². The van der Waals surface area contributed by atoms with Crippen LogP contribution in [0.4, 0.5) is 22.0 Å². The highest BCUT2D eigenvalue weighted by atomic mass is 127. The Balaban J connectivity index is 1.67. The minimum Gasteiger partial charge on any atom is -0.482 e. The molecule has 0 aliphatic carbocycles. The zero-order chi connectivity index (χ0) is 30.2. The van der Waals surface area contributed by atoms with Gasteiger partial charge in [-0.3, -0.25) is 9.35 Å². The van der Waals surface area contributed by atoms with Gasteiger partial charge in [-0.15, -0.1) is 0 Å². The van der Waals surface area contributed by atoms with Crippen LogP contribution >= 0.6 is 45.2 Å². The Hall–Kier alpha value is -2.63. The van der Waals surface area contributed by atoms with Crippen LogP contribution in [0.15, 0.2) is 46.2 Å². The van der Waals surface area contributed by atoms with E-state index in [1.807, 2.05) is 0 Å². The van der Waals surface area contributed by atoms with E-state index in [0.717, 1.165) is 24.3 Å². The summed E-state index contributed by atoms with van der Waals surface area (Å²) in [7, 11) is -10.1. The highest BCUT2D eigenvalue weighted by Gasteiger charge is 2.34. The van der Waals surface area contributed by atoms with Gasteiger partial charge in [-0.2, -0.15) is 8.42 Å². The molecule has 0 spiro atoms. The van der Waals surface area contributed by atoms with E-state index in [1.54, 1.807) is 45.2 Å². The fourth-order valence-electron chi connectivity index (χ4n) is 2.90. The second kappa shape index (κ2) is 12.1. The molecule has 0 fully saturated rings. The predicted octanol–water partition coefficient (Wildman–Crippen LogP) is 3.94. The van der Waals surface area contributed by atoms with E-state index in [-0.39, 0.29) is 23.5 Å². The van der Waals surface area contributed by atoms with Crippen molar-refractivity contribution in [3.8, 4) is 11.5 Å². The van der Waals surface area contributed by atoms with Gasteiger partial charge in [-0.05, 0) is 81.6 Å². The van der Waals surface area contributed by atoms with E-state index in [9.17, 15) is 52.9 Å². The molecular formula is C21H10F5I2NO9S2. The van der Waals surface area contributed by atoms with Crippen molar-refractivity contribution < 1.29 is 62.4 Å². The molecule has 3 aromatic carbocycles. The number of halogens is 7. The normalized spacial score (nSPS) is 11.7. The van der Waals surface area contributed by atoms with Crippen molar-refractivity contribution in [1.82, 2.24) is 4.72 Å². The van der Waals surface area contributed by atoms with Crippen molar-refractivity contribution in [2.24, 2.45) is 0 Å². The number of esters is 1. The smallest absolute Gasteiger partial charge is 0.349 e. The van der Waals surface area contributed by atoms with Gasteiger partial charge in [-0.1, -0.05) is 0 Å². The molecule has 10 nitrogen and oxygen atoms in total. The SMILES string of the molecule is O=C(COc1cc(I)c(S(=O)(=O)O)c(I)c1)Oc1ccc(C(=O)NS(=O)(=O)c2c(F)c(F)c(F)c(F)c2F)cc1. The average Bonchev–Trinajstić information content (AvgIpc) is 2.84. The lowest BCUT2D eigenvalue weighted by atomic mass is 10.2. The van der Waals surface area contributed by atoms with E-state index < -0.39 is 78.2 Å². The first-order valence-electron chi connectivity index (χ1n) is 9.92. The maximum Gasteiger partial charge on any atom is 0.349 e. The van der Waals surface area contributed by atoms with Gasteiger partial charge in [-0.25, -0.2) is 39.9 Å². The summed E-state index contributed by atoms with van der Waals surface area (Å²) in [6.07, 6.45) is 0. The van der Waals surface area contributed by atoms with Gasteiger partial charge in [0.25, 0.3) is 26.0 Å². The fourth-order valence-corrected chi connectivity index (χ4v) is 8.00. The Morgan fingerprint density at radius 3 is 1.73 bits per heavy atom. The average molecular weight is 833 g/mol. The van der Waals surface area contributed by atoms with E-state index in [1.165, 1.54) is 16.9 Å². The molecule has 0 unspecified atom stereocenters. The molecule has 40 heavy (non-hydrogen) atoms. The Bertz CT molecular complexity index is 1700. The number of benzene rings is 3. The Morgan fingerprint density at radius 1 is 0.775 bits per heavy atom. The van der Waals surface area contributed by atoms with Crippen molar-refractivity contribution in [2.75, 3.05) is 6.61 Å². The third kappa shape index (κ3) is 6.98. The standard InChI is InChI=1S/C21H10F5I2NO9S2/c22-14-15(23)17(25)20(18(26)16(14)24)39(32,33)29-21(31)8-1-3-9(4-2-8)38-13(30)7-37-10-5-11(27)19(12(28)6-10)40(34,35)36/h1-6H,7H2,(H,29,31)(H,34,35,36). The molecule has 1 amide bonds. The monoisotopic (exact) mass is 833 g/mol. The zero-order valence-corrected chi connectivity index (χ0v) is 24.8. The van der Waals surface area contributed by atoms with Crippen LogP contribution in [0.25, 0.3) is 0 Å². The van der Waals surface area contributed by atoms with E-state index >= 15 is 0 Å². The lowest BCUT2D eigenvalue weighted by molar-refractivity contribution is -0.136. The Morgan fingerprint density at radius 2 is 1.25 bits per heavy atom. The van der Waals surface area contributed by atoms with Crippen molar-refractivity contribution in [3.63, 3.8) is 0 Å². The predicted molar refractivity (Wildman–Crippen MR) is 140 cm³/mol. The number of ether oxygens (including phenoxy) is 2. The summed E-state index contributed by atoms with van der Waals surface area (Å²) < 4.78 is 136. The maximum atomic E-state index is 13.9. The molecule has 19 heteroatoms. The second-order valence-electron chi connectivity index (χ2n) is 7.31. The molecule has 0 radical (unpaired) electrons. The summed E-state index contributed by atoms with van der Waals surface area (Å²) in [6.45, 7) is -0.667. The first-order valence-corrected chi connectivity index (χ1v) is 15.0. The molecule has 0 bridgehead atoms. The van der Waals surface area contributed by atoms with Crippen molar-refractivity contribution in [2.45, 2.75) is 9.79 Å². The molecule has 2 N–H and O–H groups in total. The number of carbonyl (C=O) groups excluding carboxylic acids is 2. The lowest BCUT2D eigenvalue weighted by Crippen LogP contribution is -2.32. The van der Waals surface area contributed by atoms with Crippen LogP contribution in [0, 0.1) is 36.2 Å². The molecule has 0 heterocycles. The first kappa shape index (κ1) is 31.9. The third-order valence-corrected chi connectivity index (χ3v) is 9.34. The number of nitrogens with one attached hydrogen (secondary N) is 1. The summed E-state index contributed by atoms with van der Waals surface area (Å²) in [4.78, 5) is 21.7. The Labute approximate surface area is 248 Å². The topological polar surface area (TPSA) is 153 Å². The number of rotatable bonds is 8. The number of hydrogen-bond donors (Lipinski definition) is 2. The highest BCUT2D eigenvalue weighted by molar-refractivity contribution is 14.1. The number of sulfonamides is 1. The molecule has 3 aromatic rings. The molecule has 3 rings (SSSR count). The van der Waals surface area contributed by atoms with Crippen molar-refractivity contribution in [3.05, 3.63) is 78.2 Å². The summed E-state index contributed by atoms with van der Waals surface area (Å²) >= 11 is 3.29. The molecular weight excluding hydrogens is 823 g/mol. The van der Waals surface area contributed by atoms with Gasteiger partial charge in [0, 0.05) is 12.7 Å². The summed E-state index contributed by atoms with van der Waals surface area (Å²) in [5, 5.41) is 0. The second-order valence-corrected chi connectivity index (χ2v) is 12.6. The quantitative estimate of drug-likeness (QED) is 0.0654. The number of amides is 1. The summed E-state index contributed by atoms with van der Waals surface area (Å²) in [5.41, 5.74) is -0.466.